The van der Waals surface area contributed by atoms with Gasteiger partial charge in [0, 0.05) is 29.6 Å². The van der Waals surface area contributed by atoms with Gasteiger partial charge in [0.1, 0.15) is 0 Å². The van der Waals surface area contributed by atoms with Gasteiger partial charge in [0.15, 0.2) is 0 Å². The predicted octanol–water partition coefficient (Wildman–Crippen LogP) is 3.91. The monoisotopic (exact) mass is 356 g/mol. The van der Waals surface area contributed by atoms with Crippen LogP contribution in [-0.4, -0.2) is 35.5 Å². The van der Waals surface area contributed by atoms with Crippen molar-refractivity contribution >= 4 is 17.2 Å². The molecule has 5 heteroatoms. The number of hydrogen-bond donors (Lipinski definition) is 0. The molecule has 4 nitrogen and oxygen atoms in total. The highest BCUT2D eigenvalue weighted by Crippen LogP contribution is 2.49. The first kappa shape index (κ1) is 16.7. The Labute approximate surface area is 152 Å². The summed E-state index contributed by atoms with van der Waals surface area (Å²) in [6, 6.07) is 7.96. The maximum absolute atomic E-state index is 12.7. The molecule has 2 aliphatic rings. The molecule has 2 aromatic heterocycles. The van der Waals surface area contributed by atoms with Crippen LogP contribution in [0.25, 0.3) is 0 Å². The second-order valence-corrected chi connectivity index (χ2v) is 8.19. The predicted molar refractivity (Wildman–Crippen MR) is 98.6 cm³/mol. The Hall–Kier alpha value is -1.72. The van der Waals surface area contributed by atoms with Crippen LogP contribution >= 0.6 is 11.3 Å². The maximum Gasteiger partial charge on any atom is 0.254 e. The Morgan fingerprint density at radius 2 is 2.36 bits per heavy atom. The van der Waals surface area contributed by atoms with Gasteiger partial charge in [-0.25, -0.2) is 0 Å². The fourth-order valence-corrected chi connectivity index (χ4v) is 5.04. The molecule has 0 N–H and O–H groups in total. The number of aromatic nitrogens is 1. The molecule has 1 aliphatic carbocycles. The van der Waals surface area contributed by atoms with Crippen LogP contribution in [0.1, 0.15) is 41.0 Å². The van der Waals surface area contributed by atoms with E-state index in [0.29, 0.717) is 12.5 Å². The van der Waals surface area contributed by atoms with Crippen LogP contribution in [0.5, 0.6) is 0 Å². The van der Waals surface area contributed by atoms with Crippen molar-refractivity contribution in [1.82, 2.24) is 9.88 Å². The lowest BCUT2D eigenvalue weighted by molar-refractivity contribution is 0.0252. The number of thiophene rings is 1. The van der Waals surface area contributed by atoms with E-state index in [2.05, 4.69) is 4.98 Å². The van der Waals surface area contributed by atoms with Crippen molar-refractivity contribution in [2.24, 2.45) is 11.3 Å². The van der Waals surface area contributed by atoms with Crippen molar-refractivity contribution in [2.75, 3.05) is 19.7 Å². The Bertz CT molecular complexity index is 746. The van der Waals surface area contributed by atoms with E-state index in [1.807, 2.05) is 46.8 Å². The molecule has 0 bridgehead atoms. The van der Waals surface area contributed by atoms with Crippen molar-refractivity contribution in [2.45, 2.75) is 32.8 Å². The molecule has 3 heterocycles. The largest absolute Gasteiger partial charge is 0.375 e. The van der Waals surface area contributed by atoms with Gasteiger partial charge < -0.3 is 9.64 Å². The average Bonchev–Trinajstić information content (AvgIpc) is 3.30. The third kappa shape index (κ3) is 3.35. The van der Waals surface area contributed by atoms with Crippen molar-refractivity contribution in [3.63, 3.8) is 0 Å². The van der Waals surface area contributed by atoms with Gasteiger partial charge in [-0.3, -0.25) is 9.78 Å². The van der Waals surface area contributed by atoms with E-state index < -0.39 is 0 Å². The van der Waals surface area contributed by atoms with E-state index in [0.717, 1.165) is 43.1 Å². The molecule has 1 saturated carbocycles. The summed E-state index contributed by atoms with van der Waals surface area (Å²) in [5.41, 5.74) is 2.96. The van der Waals surface area contributed by atoms with Gasteiger partial charge >= 0.3 is 0 Å². The Kier molecular flexibility index (Phi) is 4.61. The zero-order valence-electron chi connectivity index (χ0n) is 14.6. The lowest BCUT2D eigenvalue weighted by Gasteiger charge is -2.28. The molecule has 2 atom stereocenters. The minimum atomic E-state index is 0.134. The normalized spacial score (nSPS) is 25.3. The molecular formula is C20H24N2O2S. The van der Waals surface area contributed by atoms with Gasteiger partial charge in [-0.1, -0.05) is 12.5 Å². The van der Waals surface area contributed by atoms with Gasteiger partial charge in [0.25, 0.3) is 5.91 Å². The van der Waals surface area contributed by atoms with Gasteiger partial charge in [-0.05, 0) is 49.3 Å². The molecule has 25 heavy (non-hydrogen) atoms. The number of carbonyl (C=O) groups excluding carboxylic acids is 1. The molecule has 0 unspecified atom stereocenters. The van der Waals surface area contributed by atoms with E-state index in [1.54, 1.807) is 11.3 Å². The topological polar surface area (TPSA) is 42.4 Å². The van der Waals surface area contributed by atoms with Gasteiger partial charge in [-0.15, -0.1) is 0 Å². The minimum absolute atomic E-state index is 0.134. The smallest absolute Gasteiger partial charge is 0.254 e. The molecule has 0 radical (unpaired) electrons. The highest BCUT2D eigenvalue weighted by molar-refractivity contribution is 7.08. The van der Waals surface area contributed by atoms with Gasteiger partial charge in [-0.2, -0.15) is 11.3 Å². The first-order chi connectivity index (χ1) is 12.2. The molecule has 0 aromatic carbocycles. The summed E-state index contributed by atoms with van der Waals surface area (Å²) < 4.78 is 6.08. The zero-order chi connectivity index (χ0) is 17.3. The van der Waals surface area contributed by atoms with E-state index >= 15 is 0 Å². The molecule has 0 spiro atoms. The maximum atomic E-state index is 12.7. The Morgan fingerprint density at radius 3 is 3.16 bits per heavy atom. The second-order valence-electron chi connectivity index (χ2n) is 7.41. The minimum Gasteiger partial charge on any atom is -0.375 e. The molecule has 1 amide bonds. The van der Waals surface area contributed by atoms with Crippen LogP contribution in [0, 0.1) is 18.3 Å². The SMILES string of the molecule is Cc1cccc(COC[C@@]23CCC[C@@H]2CN(C(=O)c2ccsc2)C3)n1. The Balaban J connectivity index is 1.40. The quantitative estimate of drug-likeness (QED) is 0.816. The standard InChI is InChI=1S/C20H24N2O2S/c1-15-4-2-6-18(21-15)11-24-14-20-8-3-5-17(20)10-22(13-20)19(23)16-7-9-25-12-16/h2,4,6-7,9,12,17H,3,5,8,10-11,13-14H2,1H3/t17-,20+/m1/s1. The van der Waals surface area contributed by atoms with Crippen LogP contribution in [0.15, 0.2) is 35.0 Å². The van der Waals surface area contributed by atoms with Crippen molar-refractivity contribution in [3.05, 3.63) is 52.0 Å². The molecule has 4 rings (SSSR count). The fourth-order valence-electron chi connectivity index (χ4n) is 4.41. The number of amides is 1. The van der Waals surface area contributed by atoms with Crippen molar-refractivity contribution < 1.29 is 9.53 Å². The number of fused-ring (bicyclic) bond motifs is 1. The molecular weight excluding hydrogens is 332 g/mol. The average molecular weight is 356 g/mol. The fraction of sp³-hybridized carbons (Fsp3) is 0.500. The molecule has 132 valence electrons. The van der Waals surface area contributed by atoms with Crippen LogP contribution in [-0.2, 0) is 11.3 Å². The van der Waals surface area contributed by atoms with E-state index in [1.165, 1.54) is 12.8 Å². The summed E-state index contributed by atoms with van der Waals surface area (Å²) in [5.74, 6) is 0.746. The number of hydrogen-bond acceptors (Lipinski definition) is 4. The first-order valence-corrected chi connectivity index (χ1v) is 9.92. The highest BCUT2D eigenvalue weighted by Gasteiger charge is 2.50. The number of ether oxygens (including phenoxy) is 1. The summed E-state index contributed by atoms with van der Waals surface area (Å²) in [6.45, 7) is 4.98. The number of nitrogens with zero attached hydrogens (tertiary/aromatic N) is 2. The van der Waals surface area contributed by atoms with Crippen molar-refractivity contribution in [3.8, 4) is 0 Å². The van der Waals surface area contributed by atoms with Crippen molar-refractivity contribution in [1.29, 1.82) is 0 Å². The van der Waals surface area contributed by atoms with E-state index in [4.69, 9.17) is 4.74 Å². The van der Waals surface area contributed by atoms with Crippen LogP contribution in [0.2, 0.25) is 0 Å². The van der Waals surface area contributed by atoms with Crippen LogP contribution in [0.4, 0.5) is 0 Å². The number of carbonyl (C=O) groups is 1. The summed E-state index contributed by atoms with van der Waals surface area (Å²) in [4.78, 5) is 19.2. The van der Waals surface area contributed by atoms with Crippen LogP contribution in [0.3, 0.4) is 0 Å². The zero-order valence-corrected chi connectivity index (χ0v) is 15.4. The van der Waals surface area contributed by atoms with Gasteiger partial charge in [0.05, 0.1) is 24.5 Å². The molecule has 1 aliphatic heterocycles. The van der Waals surface area contributed by atoms with E-state index in [-0.39, 0.29) is 11.3 Å². The van der Waals surface area contributed by atoms with E-state index in [9.17, 15) is 4.79 Å². The summed E-state index contributed by atoms with van der Waals surface area (Å²) in [6.07, 6.45) is 3.61. The number of pyridine rings is 1. The third-order valence-electron chi connectivity index (χ3n) is 5.68. The number of likely N-dealkylation sites (tertiary alicyclic amines) is 1. The number of aryl methyl sites for hydroxylation is 1. The molecule has 2 fully saturated rings. The lowest BCUT2D eigenvalue weighted by atomic mass is 9.81. The van der Waals surface area contributed by atoms with Crippen LogP contribution < -0.4 is 0 Å². The van der Waals surface area contributed by atoms with Gasteiger partial charge in [0.2, 0.25) is 0 Å². The molecule has 2 aromatic rings. The Morgan fingerprint density at radius 1 is 1.44 bits per heavy atom. The number of rotatable bonds is 5. The summed E-state index contributed by atoms with van der Waals surface area (Å²) >= 11 is 1.58. The molecule has 1 saturated heterocycles. The second kappa shape index (κ2) is 6.89. The third-order valence-corrected chi connectivity index (χ3v) is 6.36. The summed E-state index contributed by atoms with van der Waals surface area (Å²) in [7, 11) is 0. The summed E-state index contributed by atoms with van der Waals surface area (Å²) in [5, 5.41) is 3.92. The highest BCUT2D eigenvalue weighted by atomic mass is 32.1. The first-order valence-electron chi connectivity index (χ1n) is 8.98. The lowest BCUT2D eigenvalue weighted by Crippen LogP contribution is -2.34.